The first-order valence-electron chi connectivity index (χ1n) is 4.42. The molecule has 1 fully saturated rings. The van der Waals surface area contributed by atoms with E-state index in [0.29, 0.717) is 0 Å². The highest BCUT2D eigenvalue weighted by atomic mass is 16.5. The molecule has 1 atom stereocenters. The van der Waals surface area contributed by atoms with Gasteiger partial charge in [-0.1, -0.05) is 0 Å². The molecule has 1 aliphatic heterocycles. The standard InChI is InChI=1S/C9H14N2O/c1-6-7(2)11-9(10-6)8-4-3-5-12-8/h8H,3-5H2,1-2H3,(H,10,11). The Hall–Kier alpha value is -0.830. The quantitative estimate of drug-likeness (QED) is 0.691. The van der Waals surface area contributed by atoms with Gasteiger partial charge in [-0.25, -0.2) is 4.98 Å². The molecule has 1 aromatic rings. The lowest BCUT2D eigenvalue weighted by Gasteiger charge is -2.03. The van der Waals surface area contributed by atoms with Crippen molar-refractivity contribution in [1.29, 1.82) is 0 Å². The van der Waals surface area contributed by atoms with E-state index in [-0.39, 0.29) is 6.10 Å². The monoisotopic (exact) mass is 166 g/mol. The van der Waals surface area contributed by atoms with Crippen molar-refractivity contribution in [3.05, 3.63) is 17.2 Å². The van der Waals surface area contributed by atoms with E-state index in [1.165, 1.54) is 0 Å². The molecule has 0 spiro atoms. The topological polar surface area (TPSA) is 37.9 Å². The summed E-state index contributed by atoms with van der Waals surface area (Å²) in [5.41, 5.74) is 2.24. The molecule has 0 amide bonds. The summed E-state index contributed by atoms with van der Waals surface area (Å²) in [5, 5.41) is 0. The van der Waals surface area contributed by atoms with Crippen molar-refractivity contribution in [2.24, 2.45) is 0 Å². The molecule has 0 bridgehead atoms. The number of imidazole rings is 1. The number of rotatable bonds is 1. The van der Waals surface area contributed by atoms with Crippen LogP contribution in [0.4, 0.5) is 0 Å². The van der Waals surface area contributed by atoms with Crippen molar-refractivity contribution >= 4 is 0 Å². The highest BCUT2D eigenvalue weighted by Gasteiger charge is 2.20. The number of aryl methyl sites for hydroxylation is 2. The van der Waals surface area contributed by atoms with Crippen molar-refractivity contribution in [1.82, 2.24) is 9.97 Å². The van der Waals surface area contributed by atoms with Gasteiger partial charge in [0.05, 0.1) is 5.69 Å². The molecule has 0 saturated carbocycles. The number of nitrogens with zero attached hydrogens (tertiary/aromatic N) is 1. The zero-order chi connectivity index (χ0) is 8.55. The molecule has 1 aliphatic rings. The summed E-state index contributed by atoms with van der Waals surface area (Å²) in [6.07, 6.45) is 2.48. The maximum absolute atomic E-state index is 5.51. The Balaban J connectivity index is 2.21. The maximum atomic E-state index is 5.51. The molecule has 1 aromatic heterocycles. The van der Waals surface area contributed by atoms with Gasteiger partial charge in [0.25, 0.3) is 0 Å². The third kappa shape index (κ3) is 1.25. The number of hydrogen-bond acceptors (Lipinski definition) is 2. The van der Waals surface area contributed by atoms with Crippen molar-refractivity contribution < 1.29 is 4.74 Å². The molecule has 0 aromatic carbocycles. The molecule has 3 nitrogen and oxygen atoms in total. The van der Waals surface area contributed by atoms with E-state index < -0.39 is 0 Å². The normalized spacial score (nSPS) is 23.3. The van der Waals surface area contributed by atoms with E-state index >= 15 is 0 Å². The molecule has 0 radical (unpaired) electrons. The fourth-order valence-electron chi connectivity index (χ4n) is 1.52. The zero-order valence-corrected chi connectivity index (χ0v) is 7.55. The van der Waals surface area contributed by atoms with Crippen LogP contribution < -0.4 is 0 Å². The van der Waals surface area contributed by atoms with E-state index in [1.807, 2.05) is 13.8 Å². The Kier molecular flexibility index (Phi) is 1.89. The molecular weight excluding hydrogens is 152 g/mol. The predicted molar refractivity (Wildman–Crippen MR) is 46.0 cm³/mol. The minimum atomic E-state index is 0.220. The minimum Gasteiger partial charge on any atom is -0.370 e. The van der Waals surface area contributed by atoms with Gasteiger partial charge in [0.2, 0.25) is 0 Å². The lowest BCUT2D eigenvalue weighted by atomic mass is 10.2. The average Bonchev–Trinajstić information content (AvgIpc) is 2.61. The molecule has 1 N–H and O–H groups in total. The number of aromatic nitrogens is 2. The molecule has 66 valence electrons. The number of hydrogen-bond donors (Lipinski definition) is 1. The largest absolute Gasteiger partial charge is 0.370 e. The number of ether oxygens (including phenoxy) is 1. The maximum Gasteiger partial charge on any atom is 0.135 e. The molecular formula is C9H14N2O. The van der Waals surface area contributed by atoms with Crippen molar-refractivity contribution in [2.75, 3.05) is 6.61 Å². The first-order valence-corrected chi connectivity index (χ1v) is 4.42. The van der Waals surface area contributed by atoms with Gasteiger partial charge in [-0.2, -0.15) is 0 Å². The van der Waals surface area contributed by atoms with Crippen molar-refractivity contribution in [3.63, 3.8) is 0 Å². The zero-order valence-electron chi connectivity index (χ0n) is 7.55. The van der Waals surface area contributed by atoms with Crippen LogP contribution in [-0.2, 0) is 4.74 Å². The highest BCUT2D eigenvalue weighted by molar-refractivity contribution is 5.12. The molecule has 2 rings (SSSR count). The van der Waals surface area contributed by atoms with Crippen LogP contribution in [0.3, 0.4) is 0 Å². The Morgan fingerprint density at radius 2 is 2.33 bits per heavy atom. The van der Waals surface area contributed by atoms with Crippen LogP contribution in [0.25, 0.3) is 0 Å². The van der Waals surface area contributed by atoms with Gasteiger partial charge in [-0.05, 0) is 26.7 Å². The summed E-state index contributed by atoms with van der Waals surface area (Å²) in [7, 11) is 0. The first-order chi connectivity index (χ1) is 5.77. The third-order valence-corrected chi connectivity index (χ3v) is 2.38. The number of nitrogens with one attached hydrogen (secondary N) is 1. The fourth-order valence-corrected chi connectivity index (χ4v) is 1.52. The summed E-state index contributed by atoms with van der Waals surface area (Å²) in [6, 6.07) is 0. The number of aromatic amines is 1. The van der Waals surface area contributed by atoms with Gasteiger partial charge in [0, 0.05) is 12.3 Å². The van der Waals surface area contributed by atoms with Gasteiger partial charge >= 0.3 is 0 Å². The van der Waals surface area contributed by atoms with E-state index in [2.05, 4.69) is 9.97 Å². The minimum absolute atomic E-state index is 0.220. The third-order valence-electron chi connectivity index (χ3n) is 2.38. The Bertz CT molecular complexity index is 255. The van der Waals surface area contributed by atoms with Crippen LogP contribution in [0.5, 0.6) is 0 Å². The summed E-state index contributed by atoms with van der Waals surface area (Å²) in [6.45, 7) is 4.94. The van der Waals surface area contributed by atoms with Gasteiger partial charge in [0.15, 0.2) is 0 Å². The SMILES string of the molecule is Cc1nc(C2CCCO2)[nH]c1C. The van der Waals surface area contributed by atoms with Crippen LogP contribution in [0.1, 0.15) is 36.2 Å². The Morgan fingerprint density at radius 1 is 1.50 bits per heavy atom. The van der Waals surface area contributed by atoms with Gasteiger partial charge < -0.3 is 9.72 Å². The van der Waals surface area contributed by atoms with E-state index in [0.717, 1.165) is 36.7 Å². The Labute approximate surface area is 72.2 Å². The lowest BCUT2D eigenvalue weighted by Crippen LogP contribution is -1.97. The van der Waals surface area contributed by atoms with Crippen LogP contribution in [0.15, 0.2) is 0 Å². The summed E-state index contributed by atoms with van der Waals surface area (Å²) >= 11 is 0. The highest BCUT2D eigenvalue weighted by Crippen LogP contribution is 2.26. The van der Waals surface area contributed by atoms with E-state index in [1.54, 1.807) is 0 Å². The van der Waals surface area contributed by atoms with Crippen LogP contribution in [0.2, 0.25) is 0 Å². The van der Waals surface area contributed by atoms with Gasteiger partial charge in [-0.15, -0.1) is 0 Å². The first kappa shape index (κ1) is 7.80. The molecule has 2 heterocycles. The molecule has 1 unspecified atom stereocenters. The molecule has 1 saturated heterocycles. The van der Waals surface area contributed by atoms with Crippen LogP contribution in [0, 0.1) is 13.8 Å². The van der Waals surface area contributed by atoms with Crippen LogP contribution in [-0.4, -0.2) is 16.6 Å². The van der Waals surface area contributed by atoms with Crippen molar-refractivity contribution in [2.45, 2.75) is 32.8 Å². The Morgan fingerprint density at radius 3 is 2.83 bits per heavy atom. The second-order valence-corrected chi connectivity index (χ2v) is 3.33. The van der Waals surface area contributed by atoms with Gasteiger partial charge in [0.1, 0.15) is 11.9 Å². The summed E-state index contributed by atoms with van der Waals surface area (Å²) < 4.78 is 5.51. The predicted octanol–water partition coefficient (Wildman–Crippen LogP) is 1.88. The lowest BCUT2D eigenvalue weighted by molar-refractivity contribution is 0.105. The van der Waals surface area contributed by atoms with Crippen molar-refractivity contribution in [3.8, 4) is 0 Å². The summed E-state index contributed by atoms with van der Waals surface area (Å²) in [5.74, 6) is 1.00. The van der Waals surface area contributed by atoms with E-state index in [4.69, 9.17) is 4.74 Å². The second-order valence-electron chi connectivity index (χ2n) is 3.33. The molecule has 12 heavy (non-hydrogen) atoms. The summed E-state index contributed by atoms with van der Waals surface area (Å²) in [4.78, 5) is 7.66. The van der Waals surface area contributed by atoms with E-state index in [9.17, 15) is 0 Å². The van der Waals surface area contributed by atoms with Crippen LogP contribution >= 0.6 is 0 Å². The second kappa shape index (κ2) is 2.90. The molecule has 0 aliphatic carbocycles. The fraction of sp³-hybridized carbons (Fsp3) is 0.667. The molecule has 3 heteroatoms. The van der Waals surface area contributed by atoms with Gasteiger partial charge in [-0.3, -0.25) is 0 Å². The number of H-pyrrole nitrogens is 1. The smallest absolute Gasteiger partial charge is 0.135 e. The average molecular weight is 166 g/mol.